The third-order valence-corrected chi connectivity index (χ3v) is 5.11. The van der Waals surface area contributed by atoms with Gasteiger partial charge in [0, 0.05) is 41.5 Å². The van der Waals surface area contributed by atoms with Crippen LogP contribution in [0.25, 0.3) is 10.9 Å². The molecule has 2 atom stereocenters. The monoisotopic (exact) mass is 370 g/mol. The van der Waals surface area contributed by atoms with Gasteiger partial charge in [0.1, 0.15) is 11.6 Å². The van der Waals surface area contributed by atoms with Crippen molar-refractivity contribution >= 4 is 16.8 Å². The molecule has 1 aromatic heterocycles. The fraction of sp³-hybridized carbons (Fsp3) is 0.318. The predicted octanol–water partition coefficient (Wildman–Crippen LogP) is 5.13. The van der Waals surface area contributed by atoms with Crippen LogP contribution in [0.15, 0.2) is 48.7 Å². The second kappa shape index (κ2) is 7.91. The molecule has 2 aromatic carbocycles. The van der Waals surface area contributed by atoms with Crippen LogP contribution >= 0.6 is 0 Å². The first-order chi connectivity index (χ1) is 12.9. The molecule has 0 fully saturated rings. The van der Waals surface area contributed by atoms with Gasteiger partial charge in [-0.1, -0.05) is 38.1 Å². The normalized spacial score (nSPS) is 13.7. The minimum absolute atomic E-state index is 0.0131. The summed E-state index contributed by atoms with van der Waals surface area (Å²) in [6.07, 6.45) is 1.89. The highest BCUT2D eigenvalue weighted by Gasteiger charge is 2.25. The van der Waals surface area contributed by atoms with Crippen LogP contribution in [-0.2, 0) is 4.79 Å². The third-order valence-electron chi connectivity index (χ3n) is 5.11. The Bertz CT molecular complexity index is 948. The van der Waals surface area contributed by atoms with E-state index in [2.05, 4.69) is 10.3 Å². The highest BCUT2D eigenvalue weighted by atomic mass is 19.1. The number of carbonyl (C=O) groups excluding carboxylic acids is 1. The van der Waals surface area contributed by atoms with E-state index >= 15 is 0 Å². The average molecular weight is 370 g/mol. The van der Waals surface area contributed by atoms with E-state index in [-0.39, 0.29) is 18.4 Å². The Balaban J connectivity index is 2.00. The second-order valence-corrected chi connectivity index (χ2v) is 7.31. The van der Waals surface area contributed by atoms with E-state index in [4.69, 9.17) is 0 Å². The number of aromatic nitrogens is 1. The lowest BCUT2D eigenvalue weighted by molar-refractivity contribution is -0.122. The maximum Gasteiger partial charge on any atom is 0.221 e. The quantitative estimate of drug-likeness (QED) is 0.621. The van der Waals surface area contributed by atoms with Gasteiger partial charge in [-0.2, -0.15) is 0 Å². The molecule has 3 nitrogen and oxygen atoms in total. The van der Waals surface area contributed by atoms with Crippen molar-refractivity contribution in [3.8, 4) is 0 Å². The zero-order chi connectivity index (χ0) is 19.6. The van der Waals surface area contributed by atoms with Crippen molar-refractivity contribution in [3.63, 3.8) is 0 Å². The fourth-order valence-electron chi connectivity index (χ4n) is 3.22. The molecule has 3 rings (SSSR count). The number of carbonyl (C=O) groups is 1. The number of fused-ring (bicyclic) bond motifs is 1. The Morgan fingerprint density at radius 1 is 1.07 bits per heavy atom. The highest BCUT2D eigenvalue weighted by molar-refractivity contribution is 5.86. The SMILES string of the molecule is CC(C)[C@@H](C)NC(=O)C[C@H](c1ccc(F)cc1F)c1c[nH]c2ccccc12. The first-order valence-corrected chi connectivity index (χ1v) is 9.17. The summed E-state index contributed by atoms with van der Waals surface area (Å²) in [6.45, 7) is 6.01. The van der Waals surface area contributed by atoms with E-state index in [1.54, 1.807) is 6.20 Å². The van der Waals surface area contributed by atoms with Crippen LogP contribution in [0, 0.1) is 17.6 Å². The molecular formula is C22H24F2N2O. The molecule has 0 unspecified atom stereocenters. The van der Waals surface area contributed by atoms with E-state index in [1.165, 1.54) is 12.1 Å². The number of aromatic amines is 1. The number of H-pyrrole nitrogens is 1. The second-order valence-electron chi connectivity index (χ2n) is 7.31. The number of benzene rings is 2. The molecule has 0 aliphatic rings. The Labute approximate surface area is 157 Å². The van der Waals surface area contributed by atoms with E-state index in [0.717, 1.165) is 22.5 Å². The molecule has 1 heterocycles. The average Bonchev–Trinajstić information content (AvgIpc) is 3.04. The van der Waals surface area contributed by atoms with Gasteiger partial charge < -0.3 is 10.3 Å². The molecule has 0 saturated heterocycles. The maximum atomic E-state index is 14.6. The Morgan fingerprint density at radius 2 is 1.81 bits per heavy atom. The largest absolute Gasteiger partial charge is 0.361 e. The van der Waals surface area contributed by atoms with Crippen molar-refractivity contribution < 1.29 is 13.6 Å². The van der Waals surface area contributed by atoms with Crippen LogP contribution in [0.1, 0.15) is 44.2 Å². The third kappa shape index (κ3) is 4.18. The van der Waals surface area contributed by atoms with E-state index < -0.39 is 17.6 Å². The molecule has 142 valence electrons. The van der Waals surface area contributed by atoms with E-state index in [0.29, 0.717) is 11.5 Å². The molecule has 0 saturated carbocycles. The van der Waals surface area contributed by atoms with Gasteiger partial charge in [0.15, 0.2) is 0 Å². The minimum atomic E-state index is -0.644. The highest BCUT2D eigenvalue weighted by Crippen LogP contribution is 2.35. The zero-order valence-corrected chi connectivity index (χ0v) is 15.7. The van der Waals surface area contributed by atoms with Crippen LogP contribution in [0.3, 0.4) is 0 Å². The number of rotatable bonds is 6. The molecular weight excluding hydrogens is 346 g/mol. The lowest BCUT2D eigenvalue weighted by atomic mass is 9.87. The van der Waals surface area contributed by atoms with Gasteiger partial charge >= 0.3 is 0 Å². The first kappa shape index (κ1) is 19.1. The number of hydrogen-bond acceptors (Lipinski definition) is 1. The molecule has 1 amide bonds. The molecule has 0 bridgehead atoms. The summed E-state index contributed by atoms with van der Waals surface area (Å²) in [5, 5.41) is 3.90. The molecule has 0 aliphatic carbocycles. The molecule has 2 N–H and O–H groups in total. The lowest BCUT2D eigenvalue weighted by Crippen LogP contribution is -2.36. The van der Waals surface area contributed by atoms with Crippen LogP contribution in [-0.4, -0.2) is 16.9 Å². The first-order valence-electron chi connectivity index (χ1n) is 9.17. The Kier molecular flexibility index (Phi) is 5.59. The van der Waals surface area contributed by atoms with Gasteiger partial charge in [0.05, 0.1) is 0 Å². The van der Waals surface area contributed by atoms with Crippen LogP contribution in [0.5, 0.6) is 0 Å². The van der Waals surface area contributed by atoms with Crippen LogP contribution in [0.4, 0.5) is 8.78 Å². The van der Waals surface area contributed by atoms with Crippen LogP contribution in [0.2, 0.25) is 0 Å². The van der Waals surface area contributed by atoms with Gasteiger partial charge in [-0.05, 0) is 36.1 Å². The van der Waals surface area contributed by atoms with Gasteiger partial charge in [-0.25, -0.2) is 8.78 Å². The molecule has 3 aromatic rings. The number of nitrogens with one attached hydrogen (secondary N) is 2. The van der Waals surface area contributed by atoms with Crippen molar-refractivity contribution in [3.05, 3.63) is 71.4 Å². The zero-order valence-electron chi connectivity index (χ0n) is 15.7. The maximum absolute atomic E-state index is 14.6. The summed E-state index contributed by atoms with van der Waals surface area (Å²) < 4.78 is 28.0. The molecule has 0 radical (unpaired) electrons. The standard InChI is InChI=1S/C22H24F2N2O/c1-13(2)14(3)26-22(27)11-18(16-9-8-15(23)10-20(16)24)19-12-25-21-7-5-4-6-17(19)21/h4-10,12-14,18,25H,11H2,1-3H3,(H,26,27)/t14-,18-/m1/s1. The summed E-state index contributed by atoms with van der Waals surface area (Å²) in [6, 6.07) is 11.2. The van der Waals surface area contributed by atoms with Crippen molar-refractivity contribution in [2.24, 2.45) is 5.92 Å². The predicted molar refractivity (Wildman–Crippen MR) is 104 cm³/mol. The summed E-state index contributed by atoms with van der Waals surface area (Å²) in [5.74, 6) is -1.65. The van der Waals surface area contributed by atoms with Crippen molar-refractivity contribution in [1.29, 1.82) is 0 Å². The minimum Gasteiger partial charge on any atom is -0.361 e. The van der Waals surface area contributed by atoms with Crippen molar-refractivity contribution in [2.75, 3.05) is 0 Å². The van der Waals surface area contributed by atoms with Crippen molar-refractivity contribution in [2.45, 2.75) is 39.2 Å². The summed E-state index contributed by atoms with van der Waals surface area (Å²) >= 11 is 0. The van der Waals surface area contributed by atoms with Gasteiger partial charge in [0.25, 0.3) is 0 Å². The Morgan fingerprint density at radius 3 is 2.52 bits per heavy atom. The summed E-state index contributed by atoms with van der Waals surface area (Å²) in [4.78, 5) is 15.8. The van der Waals surface area contributed by atoms with Crippen molar-refractivity contribution in [1.82, 2.24) is 10.3 Å². The fourth-order valence-corrected chi connectivity index (χ4v) is 3.22. The van der Waals surface area contributed by atoms with Gasteiger partial charge in [-0.3, -0.25) is 4.79 Å². The lowest BCUT2D eigenvalue weighted by Gasteiger charge is -2.21. The number of amides is 1. The smallest absolute Gasteiger partial charge is 0.221 e. The van der Waals surface area contributed by atoms with Gasteiger partial charge in [0.2, 0.25) is 5.91 Å². The topological polar surface area (TPSA) is 44.9 Å². The van der Waals surface area contributed by atoms with Gasteiger partial charge in [-0.15, -0.1) is 0 Å². The molecule has 5 heteroatoms. The number of halogens is 2. The molecule has 0 aliphatic heterocycles. The Hall–Kier alpha value is -2.69. The number of hydrogen-bond donors (Lipinski definition) is 2. The van der Waals surface area contributed by atoms with E-state index in [1.807, 2.05) is 45.0 Å². The van der Waals surface area contributed by atoms with Crippen LogP contribution < -0.4 is 5.32 Å². The molecule has 27 heavy (non-hydrogen) atoms. The van der Waals surface area contributed by atoms with E-state index in [9.17, 15) is 13.6 Å². The number of para-hydroxylation sites is 1. The summed E-state index contributed by atoms with van der Waals surface area (Å²) in [5.41, 5.74) is 2.05. The summed E-state index contributed by atoms with van der Waals surface area (Å²) in [7, 11) is 0. The molecule has 0 spiro atoms.